The molecule has 0 aromatic heterocycles. The van der Waals surface area contributed by atoms with E-state index in [1.807, 2.05) is 25.1 Å². The molecule has 0 radical (unpaired) electrons. The average molecular weight is 406 g/mol. The van der Waals surface area contributed by atoms with Crippen molar-refractivity contribution in [1.29, 1.82) is 0 Å². The number of esters is 1. The fraction of sp³-hybridized carbons (Fsp3) is 0.381. The Morgan fingerprint density at radius 2 is 1.68 bits per heavy atom. The van der Waals surface area contributed by atoms with Crippen molar-refractivity contribution in [2.45, 2.75) is 50.8 Å². The molecule has 2 atom stereocenters. The third kappa shape index (κ3) is 5.19. The van der Waals surface area contributed by atoms with Crippen LogP contribution in [0.5, 0.6) is 0 Å². The number of hydrogen-bond acceptors (Lipinski definition) is 5. The molecule has 0 aliphatic rings. The number of sulfonamides is 1. The molecule has 0 unspecified atom stereocenters. The Kier molecular flexibility index (Phi) is 6.98. The molecular formula is C21H27NO5S. The molecule has 0 aliphatic heterocycles. The van der Waals surface area contributed by atoms with E-state index in [1.165, 1.54) is 19.1 Å². The van der Waals surface area contributed by atoms with E-state index < -0.39 is 27.6 Å². The van der Waals surface area contributed by atoms with Gasteiger partial charge in [0.15, 0.2) is 5.54 Å². The standard InChI is InChI=1S/C21H27NO5S/c1-15(2)19(23)21(4,20(24)27-14-17-8-6-5-7-9-17)22-28(25,26)18-12-10-16(3)11-13-18/h5-13,15,19,22-23H,14H2,1-4H3/t19-,21+/m1/s1. The topological polar surface area (TPSA) is 92.7 Å². The van der Waals surface area contributed by atoms with Crippen LogP contribution < -0.4 is 4.72 Å². The second-order valence-corrected chi connectivity index (χ2v) is 9.05. The van der Waals surface area contributed by atoms with Crippen molar-refractivity contribution >= 4 is 16.0 Å². The molecule has 0 aliphatic carbocycles. The summed E-state index contributed by atoms with van der Waals surface area (Å²) in [6.07, 6.45) is -1.28. The maximum Gasteiger partial charge on any atom is 0.330 e. The first-order valence-corrected chi connectivity index (χ1v) is 10.5. The van der Waals surface area contributed by atoms with Crippen molar-refractivity contribution in [2.24, 2.45) is 5.92 Å². The maximum atomic E-state index is 12.8. The lowest BCUT2D eigenvalue weighted by molar-refractivity contribution is -0.157. The number of carbonyl (C=O) groups excluding carboxylic acids is 1. The minimum atomic E-state index is -4.05. The van der Waals surface area contributed by atoms with Crippen LogP contribution in [0.3, 0.4) is 0 Å². The number of rotatable bonds is 8. The Labute approximate surface area is 166 Å². The normalized spacial score (nSPS) is 15.1. The van der Waals surface area contributed by atoms with Gasteiger partial charge >= 0.3 is 5.97 Å². The Morgan fingerprint density at radius 1 is 1.11 bits per heavy atom. The molecule has 0 saturated carbocycles. The van der Waals surface area contributed by atoms with Gasteiger partial charge in [0, 0.05) is 0 Å². The predicted molar refractivity (Wildman–Crippen MR) is 107 cm³/mol. The van der Waals surface area contributed by atoms with E-state index in [0.717, 1.165) is 11.1 Å². The zero-order valence-corrected chi connectivity index (χ0v) is 17.4. The molecule has 0 saturated heterocycles. The molecule has 0 spiro atoms. The molecule has 0 heterocycles. The van der Waals surface area contributed by atoms with Crippen LogP contribution in [0, 0.1) is 12.8 Å². The highest BCUT2D eigenvalue weighted by molar-refractivity contribution is 7.89. The Hall–Kier alpha value is -2.22. The minimum Gasteiger partial charge on any atom is -0.459 e. The number of aryl methyl sites for hydroxylation is 1. The summed E-state index contributed by atoms with van der Waals surface area (Å²) in [5.41, 5.74) is -0.169. The summed E-state index contributed by atoms with van der Waals surface area (Å²) < 4.78 is 33.4. The fourth-order valence-electron chi connectivity index (χ4n) is 2.82. The highest BCUT2D eigenvalue weighted by Crippen LogP contribution is 2.23. The Morgan fingerprint density at radius 3 is 2.21 bits per heavy atom. The highest BCUT2D eigenvalue weighted by atomic mass is 32.2. The molecule has 2 aromatic rings. The van der Waals surface area contributed by atoms with Crippen LogP contribution in [0.2, 0.25) is 0 Å². The lowest BCUT2D eigenvalue weighted by atomic mass is 9.88. The van der Waals surface area contributed by atoms with Crippen LogP contribution in [0.15, 0.2) is 59.5 Å². The van der Waals surface area contributed by atoms with Crippen molar-refractivity contribution in [1.82, 2.24) is 4.72 Å². The number of benzene rings is 2. The van der Waals surface area contributed by atoms with Gasteiger partial charge in [-0.25, -0.2) is 13.2 Å². The summed E-state index contributed by atoms with van der Waals surface area (Å²) in [4.78, 5) is 12.8. The first kappa shape index (κ1) is 22.1. The predicted octanol–water partition coefficient (Wildman–Crippen LogP) is 2.79. The molecule has 2 aromatic carbocycles. The quantitative estimate of drug-likeness (QED) is 0.659. The van der Waals surface area contributed by atoms with Crippen LogP contribution >= 0.6 is 0 Å². The molecule has 2 N–H and O–H groups in total. The molecular weight excluding hydrogens is 378 g/mol. The maximum absolute atomic E-state index is 12.8. The smallest absolute Gasteiger partial charge is 0.330 e. The lowest BCUT2D eigenvalue weighted by Crippen LogP contribution is -2.61. The number of ether oxygens (including phenoxy) is 1. The van der Waals surface area contributed by atoms with Gasteiger partial charge in [0.2, 0.25) is 10.0 Å². The van der Waals surface area contributed by atoms with Crippen molar-refractivity contribution in [2.75, 3.05) is 0 Å². The Bertz CT molecular complexity index is 894. The molecule has 0 bridgehead atoms. The van der Waals surface area contributed by atoms with Gasteiger partial charge < -0.3 is 9.84 Å². The number of aliphatic hydroxyl groups excluding tert-OH is 1. The zero-order valence-electron chi connectivity index (χ0n) is 16.5. The summed E-state index contributed by atoms with van der Waals surface area (Å²) in [7, 11) is -4.05. The van der Waals surface area contributed by atoms with E-state index in [-0.39, 0.29) is 17.4 Å². The number of carbonyl (C=O) groups is 1. The summed E-state index contributed by atoms with van der Waals surface area (Å²) in [5, 5.41) is 10.6. The molecule has 0 amide bonds. The number of aliphatic hydroxyl groups is 1. The summed E-state index contributed by atoms with van der Waals surface area (Å²) in [6, 6.07) is 15.3. The van der Waals surface area contributed by atoms with E-state index in [9.17, 15) is 18.3 Å². The van der Waals surface area contributed by atoms with Gasteiger partial charge in [-0.1, -0.05) is 61.9 Å². The average Bonchev–Trinajstić information content (AvgIpc) is 2.66. The number of nitrogens with one attached hydrogen (secondary N) is 1. The van der Waals surface area contributed by atoms with Crippen molar-refractivity contribution in [3.05, 3.63) is 65.7 Å². The number of hydrogen-bond donors (Lipinski definition) is 2. The van der Waals surface area contributed by atoms with E-state index in [0.29, 0.717) is 0 Å². The molecule has 7 heteroatoms. The van der Waals surface area contributed by atoms with Gasteiger partial charge in [0.1, 0.15) is 6.61 Å². The van der Waals surface area contributed by atoms with Gasteiger partial charge in [-0.05, 0) is 37.5 Å². The van der Waals surface area contributed by atoms with E-state index in [4.69, 9.17) is 4.74 Å². The summed E-state index contributed by atoms with van der Waals surface area (Å²) >= 11 is 0. The lowest BCUT2D eigenvalue weighted by Gasteiger charge is -2.34. The van der Waals surface area contributed by atoms with Crippen LogP contribution in [-0.4, -0.2) is 31.1 Å². The largest absolute Gasteiger partial charge is 0.459 e. The third-order valence-corrected chi connectivity index (χ3v) is 6.12. The third-order valence-electron chi connectivity index (χ3n) is 4.54. The molecule has 2 rings (SSSR count). The van der Waals surface area contributed by atoms with Gasteiger partial charge in [0.05, 0.1) is 11.0 Å². The van der Waals surface area contributed by atoms with Gasteiger partial charge in [-0.2, -0.15) is 4.72 Å². The minimum absolute atomic E-state index is 0.0103. The second kappa shape index (κ2) is 8.86. The van der Waals surface area contributed by atoms with Crippen LogP contribution in [0.1, 0.15) is 31.9 Å². The first-order chi connectivity index (χ1) is 13.1. The highest BCUT2D eigenvalue weighted by Gasteiger charge is 2.47. The van der Waals surface area contributed by atoms with Crippen LogP contribution in [0.25, 0.3) is 0 Å². The monoisotopic (exact) mass is 405 g/mol. The second-order valence-electron chi connectivity index (χ2n) is 7.37. The van der Waals surface area contributed by atoms with Crippen molar-refractivity contribution in [3.8, 4) is 0 Å². The fourth-order valence-corrected chi connectivity index (χ4v) is 4.19. The molecule has 6 nitrogen and oxygen atoms in total. The van der Waals surface area contributed by atoms with Crippen molar-refractivity contribution < 1.29 is 23.1 Å². The van der Waals surface area contributed by atoms with Gasteiger partial charge in [-0.3, -0.25) is 0 Å². The zero-order chi connectivity index (χ0) is 20.9. The first-order valence-electron chi connectivity index (χ1n) is 9.06. The van der Waals surface area contributed by atoms with E-state index in [1.54, 1.807) is 38.1 Å². The molecule has 28 heavy (non-hydrogen) atoms. The van der Waals surface area contributed by atoms with Gasteiger partial charge in [-0.15, -0.1) is 0 Å². The summed E-state index contributed by atoms with van der Waals surface area (Å²) in [6.45, 7) is 6.57. The van der Waals surface area contributed by atoms with Gasteiger partial charge in [0.25, 0.3) is 0 Å². The SMILES string of the molecule is Cc1ccc(S(=O)(=O)N[C@](C)(C(=O)OCc2ccccc2)[C@H](O)C(C)C)cc1. The summed E-state index contributed by atoms with van der Waals surface area (Å²) in [5.74, 6) is -1.22. The van der Waals surface area contributed by atoms with Crippen LogP contribution in [0.4, 0.5) is 0 Å². The van der Waals surface area contributed by atoms with E-state index >= 15 is 0 Å². The van der Waals surface area contributed by atoms with Crippen molar-refractivity contribution in [3.63, 3.8) is 0 Å². The Balaban J connectivity index is 2.29. The van der Waals surface area contributed by atoms with E-state index in [2.05, 4.69) is 4.72 Å². The molecule has 152 valence electrons. The molecule has 0 fully saturated rings. The van der Waals surface area contributed by atoms with Crippen LogP contribution in [-0.2, 0) is 26.2 Å².